The maximum absolute atomic E-state index is 3.71. The van der Waals surface area contributed by atoms with E-state index in [0.717, 1.165) is 0 Å². The van der Waals surface area contributed by atoms with Gasteiger partial charge in [-0.2, -0.15) is 0 Å². The molecule has 4 aromatic carbocycles. The Kier molecular flexibility index (Phi) is 3.05. The highest BCUT2D eigenvalue weighted by atomic mass is 15.0. The van der Waals surface area contributed by atoms with Crippen LogP contribution in [0.4, 0.5) is 0 Å². The number of aryl methyl sites for hydroxylation is 2. The number of nitrogens with zero attached hydrogens (tertiary/aromatic N) is 1. The molecule has 0 saturated carbocycles. The molecule has 0 fully saturated rings. The van der Waals surface area contributed by atoms with Crippen LogP contribution in [0.25, 0.3) is 49.3 Å². The van der Waals surface area contributed by atoms with E-state index in [4.69, 9.17) is 0 Å². The van der Waals surface area contributed by atoms with Crippen molar-refractivity contribution >= 4 is 43.6 Å². The highest BCUT2D eigenvalue weighted by Gasteiger charge is 2.18. The van der Waals surface area contributed by atoms with Crippen molar-refractivity contribution in [2.45, 2.75) is 13.8 Å². The number of hydrogen-bond donors (Lipinski definition) is 1. The van der Waals surface area contributed by atoms with E-state index in [1.165, 1.54) is 60.4 Å². The van der Waals surface area contributed by atoms with Gasteiger partial charge in [-0.3, -0.25) is 0 Å². The fourth-order valence-electron chi connectivity index (χ4n) is 4.61. The first-order valence-corrected chi connectivity index (χ1v) is 9.73. The van der Waals surface area contributed by atoms with Crippen LogP contribution in [-0.4, -0.2) is 9.55 Å². The summed E-state index contributed by atoms with van der Waals surface area (Å²) in [6.45, 7) is 4.43. The van der Waals surface area contributed by atoms with Crippen LogP contribution in [0, 0.1) is 13.8 Å². The standard InChI is InChI=1S/C26H20N2/c1-16-12-13-21-22-15-14-20-19-10-6-7-11-23(19)27-24(20)26(22)28(25(21)17(16)2)18-8-4-3-5-9-18/h3-15,27H,1-2H3. The molecule has 134 valence electrons. The quantitative estimate of drug-likeness (QED) is 0.325. The lowest BCUT2D eigenvalue weighted by Gasteiger charge is -2.11. The molecule has 0 aliphatic carbocycles. The minimum Gasteiger partial charge on any atom is -0.353 e. The summed E-state index contributed by atoms with van der Waals surface area (Å²) in [4.78, 5) is 3.71. The van der Waals surface area contributed by atoms with Crippen molar-refractivity contribution in [3.8, 4) is 5.69 Å². The monoisotopic (exact) mass is 360 g/mol. The number of aromatic amines is 1. The maximum atomic E-state index is 3.71. The van der Waals surface area contributed by atoms with Gasteiger partial charge in [0.15, 0.2) is 0 Å². The van der Waals surface area contributed by atoms with Crippen LogP contribution in [-0.2, 0) is 0 Å². The smallest absolute Gasteiger partial charge is 0.0783 e. The van der Waals surface area contributed by atoms with Crippen LogP contribution in [0.1, 0.15) is 11.1 Å². The second-order valence-electron chi connectivity index (χ2n) is 7.63. The van der Waals surface area contributed by atoms with Gasteiger partial charge < -0.3 is 9.55 Å². The summed E-state index contributed by atoms with van der Waals surface area (Å²) in [5, 5.41) is 5.15. The topological polar surface area (TPSA) is 20.7 Å². The van der Waals surface area contributed by atoms with E-state index in [-0.39, 0.29) is 0 Å². The zero-order valence-corrected chi connectivity index (χ0v) is 16.0. The third kappa shape index (κ3) is 1.92. The van der Waals surface area contributed by atoms with Crippen LogP contribution < -0.4 is 0 Å². The predicted octanol–water partition coefficient (Wildman–Crippen LogP) is 7.04. The highest BCUT2D eigenvalue weighted by Crippen LogP contribution is 2.40. The van der Waals surface area contributed by atoms with Crippen molar-refractivity contribution in [1.29, 1.82) is 0 Å². The summed E-state index contributed by atoms with van der Waals surface area (Å²) in [6, 6.07) is 28.3. The summed E-state index contributed by atoms with van der Waals surface area (Å²) < 4.78 is 2.44. The van der Waals surface area contributed by atoms with E-state index in [2.05, 4.69) is 102 Å². The van der Waals surface area contributed by atoms with Crippen LogP contribution in [0.5, 0.6) is 0 Å². The Morgan fingerprint density at radius 1 is 0.607 bits per heavy atom. The van der Waals surface area contributed by atoms with Gasteiger partial charge in [0.2, 0.25) is 0 Å². The molecule has 6 aromatic rings. The van der Waals surface area contributed by atoms with Crippen molar-refractivity contribution < 1.29 is 0 Å². The van der Waals surface area contributed by atoms with Crippen LogP contribution in [0.2, 0.25) is 0 Å². The van der Waals surface area contributed by atoms with Gasteiger partial charge in [-0.15, -0.1) is 0 Å². The number of aromatic nitrogens is 2. The number of hydrogen-bond acceptors (Lipinski definition) is 0. The van der Waals surface area contributed by atoms with Crippen LogP contribution in [0.3, 0.4) is 0 Å². The first-order valence-electron chi connectivity index (χ1n) is 9.73. The summed E-state index contributed by atoms with van der Waals surface area (Å²) in [5.41, 5.74) is 8.79. The summed E-state index contributed by atoms with van der Waals surface area (Å²) >= 11 is 0. The van der Waals surface area contributed by atoms with Gasteiger partial charge in [0.05, 0.1) is 16.6 Å². The lowest BCUT2D eigenvalue weighted by atomic mass is 10.0. The second kappa shape index (κ2) is 5.49. The van der Waals surface area contributed by atoms with E-state index in [9.17, 15) is 0 Å². The first kappa shape index (κ1) is 15.5. The molecule has 2 aromatic heterocycles. The molecular weight excluding hydrogens is 340 g/mol. The lowest BCUT2D eigenvalue weighted by molar-refractivity contribution is 1.16. The molecule has 0 amide bonds. The lowest BCUT2D eigenvalue weighted by Crippen LogP contribution is -1.96. The van der Waals surface area contributed by atoms with Crippen molar-refractivity contribution in [3.63, 3.8) is 0 Å². The van der Waals surface area contributed by atoms with Crippen molar-refractivity contribution in [2.75, 3.05) is 0 Å². The van der Waals surface area contributed by atoms with Gasteiger partial charge in [-0.05, 0) is 43.2 Å². The Morgan fingerprint density at radius 3 is 2.14 bits per heavy atom. The first-order chi connectivity index (χ1) is 13.7. The highest BCUT2D eigenvalue weighted by molar-refractivity contribution is 6.23. The molecule has 0 spiro atoms. The van der Waals surface area contributed by atoms with Gasteiger partial charge in [-0.25, -0.2) is 0 Å². The van der Waals surface area contributed by atoms with E-state index >= 15 is 0 Å². The third-order valence-electron chi connectivity index (χ3n) is 6.11. The molecular formula is C26H20N2. The molecule has 0 aliphatic rings. The predicted molar refractivity (Wildman–Crippen MR) is 120 cm³/mol. The number of benzene rings is 4. The van der Waals surface area contributed by atoms with E-state index in [0.29, 0.717) is 0 Å². The average molecular weight is 360 g/mol. The zero-order valence-electron chi connectivity index (χ0n) is 16.0. The van der Waals surface area contributed by atoms with Gasteiger partial charge in [0.1, 0.15) is 0 Å². The largest absolute Gasteiger partial charge is 0.353 e. The molecule has 1 N–H and O–H groups in total. The van der Waals surface area contributed by atoms with Crippen LogP contribution in [0.15, 0.2) is 78.9 Å². The molecule has 0 radical (unpaired) electrons. The number of H-pyrrole nitrogens is 1. The molecule has 2 heterocycles. The average Bonchev–Trinajstić information content (AvgIpc) is 3.27. The van der Waals surface area contributed by atoms with Gasteiger partial charge in [-0.1, -0.05) is 60.7 Å². The fourth-order valence-corrected chi connectivity index (χ4v) is 4.61. The van der Waals surface area contributed by atoms with Crippen molar-refractivity contribution in [1.82, 2.24) is 9.55 Å². The van der Waals surface area contributed by atoms with E-state index < -0.39 is 0 Å². The Balaban J connectivity index is 1.94. The SMILES string of the molecule is Cc1ccc2c3ccc4c5ccccc5[nH]c4c3n(-c3ccccc3)c2c1C. The third-order valence-corrected chi connectivity index (χ3v) is 6.11. The van der Waals surface area contributed by atoms with E-state index in [1.807, 2.05) is 0 Å². The molecule has 6 rings (SSSR count). The molecule has 2 heteroatoms. The normalized spacial score (nSPS) is 11.9. The summed E-state index contributed by atoms with van der Waals surface area (Å²) in [5.74, 6) is 0. The van der Waals surface area contributed by atoms with Gasteiger partial charge in [0, 0.05) is 32.7 Å². The summed E-state index contributed by atoms with van der Waals surface area (Å²) in [6.07, 6.45) is 0. The minimum atomic E-state index is 1.18. The molecule has 0 unspecified atom stereocenters. The van der Waals surface area contributed by atoms with Gasteiger partial charge in [0.25, 0.3) is 0 Å². The number of para-hydroxylation sites is 2. The fraction of sp³-hybridized carbons (Fsp3) is 0.0769. The molecule has 0 saturated heterocycles. The Hall–Kier alpha value is -3.52. The molecule has 0 bridgehead atoms. The molecule has 0 aliphatic heterocycles. The second-order valence-corrected chi connectivity index (χ2v) is 7.63. The molecule has 2 nitrogen and oxygen atoms in total. The Labute approximate surface area is 163 Å². The van der Waals surface area contributed by atoms with Crippen molar-refractivity contribution in [3.05, 3.63) is 90.0 Å². The number of fused-ring (bicyclic) bond motifs is 7. The van der Waals surface area contributed by atoms with Crippen LogP contribution >= 0.6 is 0 Å². The number of nitrogens with one attached hydrogen (secondary N) is 1. The van der Waals surface area contributed by atoms with Crippen molar-refractivity contribution in [2.24, 2.45) is 0 Å². The minimum absolute atomic E-state index is 1.18. The Bertz CT molecular complexity index is 1510. The molecule has 28 heavy (non-hydrogen) atoms. The molecule has 0 atom stereocenters. The van der Waals surface area contributed by atoms with E-state index in [1.54, 1.807) is 0 Å². The zero-order chi connectivity index (χ0) is 18.8. The Morgan fingerprint density at radius 2 is 1.29 bits per heavy atom. The maximum Gasteiger partial charge on any atom is 0.0783 e. The summed E-state index contributed by atoms with van der Waals surface area (Å²) in [7, 11) is 0. The number of rotatable bonds is 1. The van der Waals surface area contributed by atoms with Gasteiger partial charge >= 0.3 is 0 Å².